The maximum absolute atomic E-state index is 9.89. The van der Waals surface area contributed by atoms with Crippen LogP contribution in [0.25, 0.3) is 98.4 Å². The van der Waals surface area contributed by atoms with Gasteiger partial charge in [-0.15, -0.1) is 0 Å². The molecule has 1 heterocycles. The number of benzene rings is 9. The maximum Gasteiger partial charge on any atom is 0.135 e. The van der Waals surface area contributed by atoms with Gasteiger partial charge in [-0.05, 0) is 107 Å². The molecule has 10 aromatic rings. The van der Waals surface area contributed by atoms with E-state index in [4.69, 9.17) is 26.3 Å². The van der Waals surface area contributed by atoms with E-state index in [1.165, 1.54) is 0 Å². The fraction of sp³-hybridized carbons (Fsp3) is 0. The standard InChI is InChI=1S/C46H28O/c1-2-13-35-29(10-1)20-21-30-22-23-32(27-41(30)35)31-11-9-12-33(26-31)45-37-15-3-5-17-39(37)46(40-18-6-4-16-38(40)45)34-24-25-44-42(28-34)36-14-7-8-19-43(36)47-44/h1-28H/i1D,2D,3D,4D,5D,6D,7D,8D,9D,10D,11D,12D,13D,14D,15D,16D,17D,18D,19D,20D,21D,22D,23D,24D,25D,26D,27D,28D. The SMILES string of the molecule is [2H]c1c([2H])c(-c2c([2H])c([2H])c3c([2H])c([2H])c4c([2H])c([2H])c([2H])c([2H])c4c3c2[2H])c([2H])c(-c2c3c([2H])c([2H])c([2H])c([2H])c3c(-c3c([2H])c([2H])c4oc5c([2H])c([2H])c([2H])c([2H])c5c4c3[2H])c3c([2H])c([2H])c([2H])c([2H])c23)c1[2H]. The smallest absolute Gasteiger partial charge is 0.135 e. The Morgan fingerprint density at radius 1 is 0.298 bits per heavy atom. The largest absolute Gasteiger partial charge is 0.456 e. The average Bonchev–Trinajstić information content (AvgIpc) is 3.80. The van der Waals surface area contributed by atoms with Gasteiger partial charge in [0.1, 0.15) is 11.2 Å². The number of hydrogen-bond donors (Lipinski definition) is 0. The average molecular weight is 625 g/mol. The molecule has 0 saturated carbocycles. The molecule has 0 N–H and O–H groups in total. The van der Waals surface area contributed by atoms with Crippen molar-refractivity contribution >= 4 is 65.0 Å². The van der Waals surface area contributed by atoms with Crippen LogP contribution in [-0.2, 0) is 0 Å². The number of furan rings is 1. The van der Waals surface area contributed by atoms with Gasteiger partial charge in [0.25, 0.3) is 0 Å². The second-order valence-electron chi connectivity index (χ2n) is 10.3. The van der Waals surface area contributed by atoms with E-state index in [2.05, 4.69) is 0 Å². The van der Waals surface area contributed by atoms with Gasteiger partial charge in [0.2, 0.25) is 0 Å². The lowest BCUT2D eigenvalue weighted by Crippen LogP contribution is -1.91. The first kappa shape index (κ1) is 10.7. The van der Waals surface area contributed by atoms with Crippen LogP contribution in [0.2, 0.25) is 0 Å². The number of rotatable bonds is 3. The Morgan fingerprint density at radius 3 is 1.49 bits per heavy atom. The number of fused-ring (bicyclic) bond motifs is 8. The molecule has 0 spiro atoms. The van der Waals surface area contributed by atoms with E-state index >= 15 is 0 Å². The Labute approximate surface area is 311 Å². The van der Waals surface area contributed by atoms with Crippen molar-refractivity contribution in [2.24, 2.45) is 0 Å². The molecule has 0 fully saturated rings. The lowest BCUT2D eigenvalue weighted by molar-refractivity contribution is 0.669. The van der Waals surface area contributed by atoms with Crippen LogP contribution in [0.1, 0.15) is 38.4 Å². The fourth-order valence-corrected chi connectivity index (χ4v) is 5.68. The molecule has 1 heteroatoms. The molecular formula is C46H28O. The van der Waals surface area contributed by atoms with Crippen LogP contribution < -0.4 is 0 Å². The van der Waals surface area contributed by atoms with Gasteiger partial charge in [0.05, 0.1) is 38.4 Å². The van der Waals surface area contributed by atoms with Gasteiger partial charge in [0, 0.05) is 10.8 Å². The number of hydrogen-bond acceptors (Lipinski definition) is 1. The molecule has 0 atom stereocenters. The van der Waals surface area contributed by atoms with E-state index in [0.717, 1.165) is 0 Å². The summed E-state index contributed by atoms with van der Waals surface area (Å²) < 4.78 is 258. The summed E-state index contributed by atoms with van der Waals surface area (Å²) >= 11 is 0. The fourth-order valence-electron chi connectivity index (χ4n) is 5.68. The van der Waals surface area contributed by atoms with Gasteiger partial charge in [-0.2, -0.15) is 0 Å². The second kappa shape index (κ2) is 10.2. The number of para-hydroxylation sites is 1. The van der Waals surface area contributed by atoms with Crippen molar-refractivity contribution in [1.29, 1.82) is 0 Å². The van der Waals surface area contributed by atoms with Crippen LogP contribution in [0.3, 0.4) is 0 Å². The monoisotopic (exact) mass is 624 g/mol. The summed E-state index contributed by atoms with van der Waals surface area (Å²) in [5.41, 5.74) is -6.02. The highest BCUT2D eigenvalue weighted by atomic mass is 16.3. The van der Waals surface area contributed by atoms with Crippen molar-refractivity contribution in [3.63, 3.8) is 0 Å². The van der Waals surface area contributed by atoms with E-state index in [0.29, 0.717) is 0 Å². The minimum Gasteiger partial charge on any atom is -0.456 e. The van der Waals surface area contributed by atoms with Crippen LogP contribution in [0.15, 0.2) is 174 Å². The van der Waals surface area contributed by atoms with E-state index in [1.807, 2.05) is 0 Å². The summed E-state index contributed by atoms with van der Waals surface area (Å²) in [7, 11) is 0. The highest BCUT2D eigenvalue weighted by Gasteiger charge is 2.18. The van der Waals surface area contributed by atoms with E-state index < -0.39 is 268 Å². The molecule has 0 radical (unpaired) electrons. The summed E-state index contributed by atoms with van der Waals surface area (Å²) in [4.78, 5) is 0. The molecular weight excluding hydrogens is 569 g/mol. The molecule has 9 aromatic carbocycles. The van der Waals surface area contributed by atoms with Crippen LogP contribution in [-0.4, -0.2) is 0 Å². The van der Waals surface area contributed by atoms with Gasteiger partial charge in [-0.25, -0.2) is 0 Å². The predicted molar refractivity (Wildman–Crippen MR) is 200 cm³/mol. The van der Waals surface area contributed by atoms with Crippen molar-refractivity contribution in [1.82, 2.24) is 0 Å². The zero-order chi connectivity index (χ0) is 55.3. The first-order valence-electron chi connectivity index (χ1n) is 27.9. The van der Waals surface area contributed by atoms with Gasteiger partial charge >= 0.3 is 0 Å². The van der Waals surface area contributed by atoms with E-state index in [1.54, 1.807) is 0 Å². The third kappa shape index (κ3) is 4.03. The zero-order valence-corrected chi connectivity index (χ0v) is 23.4. The molecule has 1 nitrogen and oxygen atoms in total. The predicted octanol–water partition coefficient (Wildman–Crippen LogP) is 13.2. The Bertz CT molecular complexity index is 4360. The van der Waals surface area contributed by atoms with Crippen LogP contribution >= 0.6 is 0 Å². The van der Waals surface area contributed by atoms with Crippen LogP contribution in [0, 0.1) is 0 Å². The molecule has 1 aromatic heterocycles. The first-order chi connectivity index (χ1) is 35.0. The second-order valence-corrected chi connectivity index (χ2v) is 10.3. The van der Waals surface area contributed by atoms with Crippen LogP contribution in [0.5, 0.6) is 0 Å². The molecule has 0 amide bonds. The summed E-state index contributed by atoms with van der Waals surface area (Å²) in [6.07, 6.45) is 0. The van der Waals surface area contributed by atoms with Crippen molar-refractivity contribution in [2.45, 2.75) is 0 Å². The molecule has 0 aliphatic heterocycles. The molecule has 0 saturated heterocycles. The molecule has 10 rings (SSSR count). The van der Waals surface area contributed by atoms with Crippen LogP contribution in [0.4, 0.5) is 0 Å². The topological polar surface area (TPSA) is 13.1 Å². The summed E-state index contributed by atoms with van der Waals surface area (Å²) in [5, 5.41) is -6.26. The molecule has 0 bridgehead atoms. The highest BCUT2D eigenvalue weighted by molar-refractivity contribution is 6.22. The highest BCUT2D eigenvalue weighted by Crippen LogP contribution is 2.45. The van der Waals surface area contributed by atoms with E-state index in [-0.39, 0.29) is 0 Å². The lowest BCUT2D eigenvalue weighted by atomic mass is 9.85. The molecule has 0 aliphatic rings. The Balaban J connectivity index is 1.48. The third-order valence-electron chi connectivity index (χ3n) is 7.70. The zero-order valence-electron chi connectivity index (χ0n) is 51.4. The Hall–Kier alpha value is -6.18. The lowest BCUT2D eigenvalue weighted by Gasteiger charge is -2.18. The van der Waals surface area contributed by atoms with Crippen molar-refractivity contribution in [2.75, 3.05) is 0 Å². The van der Waals surface area contributed by atoms with E-state index in [9.17, 15) is 16.4 Å². The quantitative estimate of drug-likeness (QED) is 0.141. The Kier molecular flexibility index (Phi) is 2.31. The maximum atomic E-state index is 9.89. The molecule has 218 valence electrons. The summed E-state index contributed by atoms with van der Waals surface area (Å²) in [5.74, 6) is 0. The minimum absolute atomic E-state index is 0.437. The van der Waals surface area contributed by atoms with Gasteiger partial charge in [0.15, 0.2) is 0 Å². The van der Waals surface area contributed by atoms with Gasteiger partial charge < -0.3 is 4.42 Å². The third-order valence-corrected chi connectivity index (χ3v) is 7.70. The van der Waals surface area contributed by atoms with Gasteiger partial charge in [-0.1, -0.05) is 139 Å². The first-order valence-corrected chi connectivity index (χ1v) is 13.9. The Morgan fingerprint density at radius 2 is 0.766 bits per heavy atom. The van der Waals surface area contributed by atoms with Crippen molar-refractivity contribution in [3.8, 4) is 33.4 Å². The molecule has 0 aliphatic carbocycles. The summed E-state index contributed by atoms with van der Waals surface area (Å²) in [6, 6.07) is -25.9. The molecule has 0 unspecified atom stereocenters. The van der Waals surface area contributed by atoms with Crippen molar-refractivity contribution < 1.29 is 42.8 Å². The normalized spacial score (nSPS) is 20.2. The minimum atomic E-state index is -1.11. The molecule has 47 heavy (non-hydrogen) atoms. The van der Waals surface area contributed by atoms with Crippen molar-refractivity contribution in [3.05, 3.63) is 169 Å². The van der Waals surface area contributed by atoms with Gasteiger partial charge in [-0.3, -0.25) is 0 Å². The summed E-state index contributed by atoms with van der Waals surface area (Å²) in [6.45, 7) is 0.